The van der Waals surface area contributed by atoms with Crippen molar-refractivity contribution in [2.24, 2.45) is 0 Å². The van der Waals surface area contributed by atoms with Crippen molar-refractivity contribution >= 4 is 17.6 Å². The monoisotopic (exact) mass is 403 g/mol. The molecule has 2 aromatic rings. The van der Waals surface area contributed by atoms with Crippen LogP contribution in [-0.4, -0.2) is 25.7 Å². The van der Waals surface area contributed by atoms with Gasteiger partial charge >= 0.3 is 12.6 Å². The number of urea groups is 1. The molecule has 0 aromatic heterocycles. The first-order valence-corrected chi connectivity index (χ1v) is 8.67. The number of hydrogen-bond donors (Lipinski definition) is 3. The zero-order chi connectivity index (χ0) is 21.0. The van der Waals surface area contributed by atoms with Gasteiger partial charge in [-0.3, -0.25) is 4.79 Å². The van der Waals surface area contributed by atoms with Gasteiger partial charge in [0, 0.05) is 11.3 Å². The third kappa shape index (κ3) is 4.45. The quantitative estimate of drug-likeness (QED) is 0.688. The van der Waals surface area contributed by atoms with Crippen LogP contribution in [0.3, 0.4) is 0 Å². The molecule has 3 N–H and O–H groups in total. The van der Waals surface area contributed by atoms with E-state index < -0.39 is 24.6 Å². The van der Waals surface area contributed by atoms with Gasteiger partial charge < -0.3 is 25.4 Å². The Kier molecular flexibility index (Phi) is 5.96. The average molecular weight is 403 g/mol. The number of anilines is 1. The van der Waals surface area contributed by atoms with Crippen molar-refractivity contribution in [3.05, 3.63) is 65.4 Å². The first kappa shape index (κ1) is 20.1. The second kappa shape index (κ2) is 8.59. The Hall–Kier alpha value is -3.62. The zero-order valence-corrected chi connectivity index (χ0v) is 15.7. The molecule has 1 heterocycles. The van der Waals surface area contributed by atoms with Gasteiger partial charge in [-0.05, 0) is 25.1 Å². The van der Waals surface area contributed by atoms with E-state index in [2.05, 4.69) is 20.7 Å². The number of para-hydroxylation sites is 3. The van der Waals surface area contributed by atoms with Gasteiger partial charge in [0.25, 0.3) is 5.91 Å². The number of rotatable bonds is 6. The number of alkyl halides is 2. The molecule has 0 bridgehead atoms. The topological polar surface area (TPSA) is 88.7 Å². The van der Waals surface area contributed by atoms with E-state index in [1.807, 2.05) is 0 Å². The number of benzene rings is 2. The fourth-order valence-electron chi connectivity index (χ4n) is 3.09. The van der Waals surface area contributed by atoms with Crippen LogP contribution in [0, 0.1) is 0 Å². The predicted octanol–water partition coefficient (Wildman–Crippen LogP) is 3.56. The maximum atomic E-state index is 13.1. The van der Waals surface area contributed by atoms with Gasteiger partial charge in [-0.25, -0.2) is 4.79 Å². The highest BCUT2D eigenvalue weighted by Gasteiger charge is 2.33. The number of carbonyl (C=O) groups excluding carboxylic acids is 2. The Labute approximate surface area is 165 Å². The summed E-state index contributed by atoms with van der Waals surface area (Å²) in [6.07, 6.45) is 0. The highest BCUT2D eigenvalue weighted by Crippen LogP contribution is 2.35. The fourth-order valence-corrected chi connectivity index (χ4v) is 3.09. The molecule has 0 radical (unpaired) electrons. The molecule has 7 nitrogen and oxygen atoms in total. The molecule has 0 aliphatic carbocycles. The Morgan fingerprint density at radius 2 is 1.76 bits per heavy atom. The molecule has 0 unspecified atom stereocenters. The summed E-state index contributed by atoms with van der Waals surface area (Å²) >= 11 is 0. The summed E-state index contributed by atoms with van der Waals surface area (Å²) in [5.41, 5.74) is 1.10. The van der Waals surface area contributed by atoms with Crippen LogP contribution in [0.15, 0.2) is 59.8 Å². The SMILES string of the molecule is COc1ccccc1NC(=O)C1=C(C)NC(=O)N[C@@H]1c1ccccc1OC(F)F. The number of amides is 3. The summed E-state index contributed by atoms with van der Waals surface area (Å²) in [5.74, 6) is -0.216. The van der Waals surface area contributed by atoms with E-state index in [0.29, 0.717) is 11.4 Å². The number of allylic oxidation sites excluding steroid dienone is 1. The van der Waals surface area contributed by atoms with Crippen molar-refractivity contribution in [1.29, 1.82) is 0 Å². The first-order valence-electron chi connectivity index (χ1n) is 8.67. The smallest absolute Gasteiger partial charge is 0.387 e. The summed E-state index contributed by atoms with van der Waals surface area (Å²) < 4.78 is 35.4. The van der Waals surface area contributed by atoms with Crippen molar-refractivity contribution in [2.75, 3.05) is 12.4 Å². The predicted molar refractivity (Wildman–Crippen MR) is 102 cm³/mol. The third-order valence-corrected chi connectivity index (χ3v) is 4.32. The lowest BCUT2D eigenvalue weighted by Crippen LogP contribution is -2.46. The largest absolute Gasteiger partial charge is 0.495 e. The number of halogens is 2. The second-order valence-electron chi connectivity index (χ2n) is 6.14. The van der Waals surface area contributed by atoms with Gasteiger partial charge in [-0.1, -0.05) is 30.3 Å². The molecule has 1 atom stereocenters. The van der Waals surface area contributed by atoms with Gasteiger partial charge in [0.2, 0.25) is 0 Å². The summed E-state index contributed by atoms with van der Waals surface area (Å²) in [6, 6.07) is 11.2. The Balaban J connectivity index is 2.00. The molecule has 9 heteroatoms. The van der Waals surface area contributed by atoms with Crippen LogP contribution in [0.25, 0.3) is 0 Å². The molecular weight excluding hydrogens is 384 g/mol. The van der Waals surface area contributed by atoms with Crippen LogP contribution in [0.2, 0.25) is 0 Å². The number of nitrogens with one attached hydrogen (secondary N) is 3. The van der Waals surface area contributed by atoms with Gasteiger partial charge in [0.05, 0.1) is 24.4 Å². The summed E-state index contributed by atoms with van der Waals surface area (Å²) in [4.78, 5) is 25.1. The van der Waals surface area contributed by atoms with E-state index in [9.17, 15) is 18.4 Å². The lowest BCUT2D eigenvalue weighted by Gasteiger charge is -2.29. The van der Waals surface area contributed by atoms with E-state index in [1.165, 1.54) is 25.3 Å². The summed E-state index contributed by atoms with van der Waals surface area (Å²) in [6.45, 7) is -1.50. The minimum Gasteiger partial charge on any atom is -0.495 e. The molecule has 0 saturated heterocycles. The molecule has 152 valence electrons. The standard InChI is InChI=1S/C20H19F2N3O4/c1-11-16(18(26)24-13-8-4-6-10-15(13)28-2)17(25-20(27)23-11)12-7-3-5-9-14(12)29-19(21)22/h3-10,17,19H,1-2H3,(H,24,26)(H2,23,25,27)/t17-/m1/s1. The maximum Gasteiger partial charge on any atom is 0.387 e. The molecule has 1 aliphatic heterocycles. The Bertz CT molecular complexity index is 962. The molecule has 0 spiro atoms. The maximum absolute atomic E-state index is 13.1. The Morgan fingerprint density at radius 3 is 2.45 bits per heavy atom. The van der Waals surface area contributed by atoms with Crippen molar-refractivity contribution in [3.63, 3.8) is 0 Å². The molecule has 2 aromatic carbocycles. The van der Waals surface area contributed by atoms with Crippen LogP contribution < -0.4 is 25.4 Å². The van der Waals surface area contributed by atoms with Crippen LogP contribution in [0.1, 0.15) is 18.5 Å². The lowest BCUT2D eigenvalue weighted by molar-refractivity contribution is -0.113. The van der Waals surface area contributed by atoms with E-state index in [4.69, 9.17) is 4.74 Å². The molecule has 0 saturated carbocycles. The normalized spacial score (nSPS) is 16.2. The molecule has 29 heavy (non-hydrogen) atoms. The van der Waals surface area contributed by atoms with Crippen molar-refractivity contribution in [2.45, 2.75) is 19.6 Å². The van der Waals surface area contributed by atoms with E-state index in [-0.39, 0.29) is 22.6 Å². The van der Waals surface area contributed by atoms with E-state index >= 15 is 0 Å². The Morgan fingerprint density at radius 1 is 1.10 bits per heavy atom. The average Bonchev–Trinajstić information content (AvgIpc) is 2.67. The number of ether oxygens (including phenoxy) is 2. The number of hydrogen-bond acceptors (Lipinski definition) is 4. The molecule has 0 fully saturated rings. The zero-order valence-electron chi connectivity index (χ0n) is 15.7. The lowest BCUT2D eigenvalue weighted by atomic mass is 9.94. The minimum atomic E-state index is -3.05. The van der Waals surface area contributed by atoms with Crippen molar-refractivity contribution < 1.29 is 27.8 Å². The van der Waals surface area contributed by atoms with Crippen LogP contribution >= 0.6 is 0 Å². The summed E-state index contributed by atoms with van der Waals surface area (Å²) in [7, 11) is 1.47. The number of methoxy groups -OCH3 is 1. The van der Waals surface area contributed by atoms with Gasteiger partial charge in [-0.15, -0.1) is 0 Å². The third-order valence-electron chi connectivity index (χ3n) is 4.32. The summed E-state index contributed by atoms with van der Waals surface area (Å²) in [5, 5.41) is 7.86. The second-order valence-corrected chi connectivity index (χ2v) is 6.14. The van der Waals surface area contributed by atoms with Gasteiger partial charge in [0.1, 0.15) is 11.5 Å². The molecular formula is C20H19F2N3O4. The van der Waals surface area contributed by atoms with Crippen molar-refractivity contribution in [1.82, 2.24) is 10.6 Å². The van der Waals surface area contributed by atoms with Gasteiger partial charge in [-0.2, -0.15) is 8.78 Å². The van der Waals surface area contributed by atoms with E-state index in [1.54, 1.807) is 37.3 Å². The molecule has 1 aliphatic rings. The van der Waals surface area contributed by atoms with Crippen molar-refractivity contribution in [3.8, 4) is 11.5 Å². The number of carbonyl (C=O) groups is 2. The highest BCUT2D eigenvalue weighted by molar-refractivity contribution is 6.07. The fraction of sp³-hybridized carbons (Fsp3) is 0.200. The van der Waals surface area contributed by atoms with E-state index in [0.717, 1.165) is 0 Å². The first-order chi connectivity index (χ1) is 13.9. The minimum absolute atomic E-state index is 0.134. The highest BCUT2D eigenvalue weighted by atomic mass is 19.3. The van der Waals surface area contributed by atoms with Crippen LogP contribution in [-0.2, 0) is 4.79 Å². The van der Waals surface area contributed by atoms with Crippen LogP contribution in [0.5, 0.6) is 11.5 Å². The molecule has 3 rings (SSSR count). The van der Waals surface area contributed by atoms with Gasteiger partial charge in [0.15, 0.2) is 0 Å². The van der Waals surface area contributed by atoms with Crippen LogP contribution in [0.4, 0.5) is 19.3 Å². The molecule has 3 amide bonds.